The van der Waals surface area contributed by atoms with Gasteiger partial charge in [0.05, 0.1) is 17.9 Å². The lowest BCUT2D eigenvalue weighted by molar-refractivity contribution is -0.145. The number of carbonyl (C=O) groups excluding carboxylic acids is 1. The number of aryl methyl sites for hydroxylation is 1. The van der Waals surface area contributed by atoms with Crippen LogP contribution < -0.4 is 4.90 Å². The minimum absolute atomic E-state index is 0.214. The third-order valence-corrected chi connectivity index (χ3v) is 6.73. The number of piperidine rings is 1. The topological polar surface area (TPSA) is 70.5 Å². The molecule has 2 aromatic carbocycles. The van der Waals surface area contributed by atoms with Crippen LogP contribution in [0.1, 0.15) is 48.4 Å². The SMILES string of the molecule is Cc1ccnc(N2C(=O)[C@@](C)(CC(=O)O)CC(c3cccc(Cl)c3)C2c2ccc(Cl)cc2)c1. The lowest BCUT2D eigenvalue weighted by Gasteiger charge is -2.48. The molecule has 33 heavy (non-hydrogen) atoms. The summed E-state index contributed by atoms with van der Waals surface area (Å²) in [7, 11) is 0. The minimum Gasteiger partial charge on any atom is -0.481 e. The molecule has 3 atom stereocenters. The Balaban J connectivity index is 1.96. The van der Waals surface area contributed by atoms with Gasteiger partial charge in [0.15, 0.2) is 0 Å². The number of aliphatic carboxylic acids is 1. The monoisotopic (exact) mass is 482 g/mol. The lowest BCUT2D eigenvalue weighted by atomic mass is 9.67. The molecular formula is C26H24Cl2N2O3. The van der Waals surface area contributed by atoms with Crippen molar-refractivity contribution in [2.24, 2.45) is 5.41 Å². The summed E-state index contributed by atoms with van der Waals surface area (Å²) in [6, 6.07) is 18.2. The first-order chi connectivity index (χ1) is 15.7. The normalized spacial score (nSPS) is 22.9. The van der Waals surface area contributed by atoms with E-state index in [2.05, 4.69) is 4.98 Å². The molecule has 1 N–H and O–H groups in total. The average molecular weight is 483 g/mol. The molecule has 2 heterocycles. The van der Waals surface area contributed by atoms with Crippen molar-refractivity contribution in [2.75, 3.05) is 4.90 Å². The van der Waals surface area contributed by atoms with Gasteiger partial charge in [-0.05, 0) is 66.4 Å². The molecule has 1 aromatic heterocycles. The Labute approximate surface area is 203 Å². The van der Waals surface area contributed by atoms with Crippen molar-refractivity contribution in [1.29, 1.82) is 0 Å². The largest absolute Gasteiger partial charge is 0.481 e. The number of rotatable bonds is 5. The molecule has 0 saturated carbocycles. The van der Waals surface area contributed by atoms with E-state index in [0.717, 1.165) is 16.7 Å². The van der Waals surface area contributed by atoms with Gasteiger partial charge in [0.25, 0.3) is 0 Å². The Morgan fingerprint density at radius 3 is 2.45 bits per heavy atom. The van der Waals surface area contributed by atoms with E-state index in [1.54, 1.807) is 36.2 Å². The zero-order valence-electron chi connectivity index (χ0n) is 18.3. The van der Waals surface area contributed by atoms with E-state index in [4.69, 9.17) is 23.2 Å². The van der Waals surface area contributed by atoms with Crippen molar-refractivity contribution in [3.8, 4) is 0 Å². The molecule has 0 spiro atoms. The first-order valence-corrected chi connectivity index (χ1v) is 11.4. The number of hydrogen-bond acceptors (Lipinski definition) is 3. The van der Waals surface area contributed by atoms with Gasteiger partial charge in [0.2, 0.25) is 5.91 Å². The summed E-state index contributed by atoms with van der Waals surface area (Å²) >= 11 is 12.5. The standard InChI is InChI=1S/C26H24Cl2N2O3/c1-16-10-11-29-22(12-16)30-24(17-6-8-19(27)9-7-17)21(18-4-3-5-20(28)13-18)14-26(2,25(30)33)15-23(31)32/h3-13,21,24H,14-15H2,1-2H3,(H,31,32)/t21?,24?,26-/m1/s1. The first kappa shape index (κ1) is 23.3. The zero-order chi connectivity index (χ0) is 23.8. The van der Waals surface area contributed by atoms with Gasteiger partial charge in [-0.2, -0.15) is 0 Å². The summed E-state index contributed by atoms with van der Waals surface area (Å²) in [5.41, 5.74) is 1.66. The number of benzene rings is 2. The Morgan fingerprint density at radius 1 is 1.09 bits per heavy atom. The molecule has 0 radical (unpaired) electrons. The number of carboxylic acids is 1. The average Bonchev–Trinajstić information content (AvgIpc) is 2.75. The second-order valence-corrected chi connectivity index (χ2v) is 9.73. The summed E-state index contributed by atoms with van der Waals surface area (Å²) in [4.78, 5) is 31.9. The maximum Gasteiger partial charge on any atom is 0.304 e. The van der Waals surface area contributed by atoms with Gasteiger partial charge in [0, 0.05) is 22.2 Å². The maximum absolute atomic E-state index is 14.0. The van der Waals surface area contributed by atoms with E-state index in [-0.39, 0.29) is 18.2 Å². The van der Waals surface area contributed by atoms with Crippen molar-refractivity contribution < 1.29 is 14.7 Å². The first-order valence-electron chi connectivity index (χ1n) is 10.7. The van der Waals surface area contributed by atoms with Crippen LogP contribution >= 0.6 is 23.2 Å². The summed E-state index contributed by atoms with van der Waals surface area (Å²) < 4.78 is 0. The number of pyridine rings is 1. The van der Waals surface area contributed by atoms with Crippen LogP contribution in [0, 0.1) is 12.3 Å². The minimum atomic E-state index is -1.12. The summed E-state index contributed by atoms with van der Waals surface area (Å²) in [6.45, 7) is 3.66. The fourth-order valence-electron chi connectivity index (χ4n) is 4.74. The molecule has 0 aliphatic carbocycles. The van der Waals surface area contributed by atoms with Crippen molar-refractivity contribution >= 4 is 40.9 Å². The van der Waals surface area contributed by atoms with Gasteiger partial charge in [-0.15, -0.1) is 0 Å². The van der Waals surface area contributed by atoms with Crippen LogP contribution in [-0.2, 0) is 9.59 Å². The Morgan fingerprint density at radius 2 is 1.82 bits per heavy atom. The fourth-order valence-corrected chi connectivity index (χ4v) is 5.06. The maximum atomic E-state index is 14.0. The van der Waals surface area contributed by atoms with Crippen molar-refractivity contribution in [2.45, 2.75) is 38.6 Å². The number of anilines is 1. The van der Waals surface area contributed by atoms with E-state index < -0.39 is 17.4 Å². The van der Waals surface area contributed by atoms with Gasteiger partial charge in [-0.1, -0.05) is 54.4 Å². The molecule has 4 rings (SSSR count). The van der Waals surface area contributed by atoms with Crippen molar-refractivity contribution in [3.63, 3.8) is 0 Å². The third kappa shape index (κ3) is 4.75. The lowest BCUT2D eigenvalue weighted by Crippen LogP contribution is -2.53. The molecule has 1 aliphatic heterocycles. The van der Waals surface area contributed by atoms with Gasteiger partial charge < -0.3 is 5.11 Å². The molecule has 170 valence electrons. The number of halogens is 2. The highest BCUT2D eigenvalue weighted by atomic mass is 35.5. The summed E-state index contributed by atoms with van der Waals surface area (Å²) in [5, 5.41) is 10.8. The highest BCUT2D eigenvalue weighted by Gasteiger charge is 2.51. The highest BCUT2D eigenvalue weighted by Crippen LogP contribution is 2.52. The molecule has 5 nitrogen and oxygen atoms in total. The van der Waals surface area contributed by atoms with E-state index in [1.807, 2.05) is 49.4 Å². The number of hydrogen-bond donors (Lipinski definition) is 1. The molecular weight excluding hydrogens is 459 g/mol. The number of carboxylic acid groups (broad SMARTS) is 1. The quantitative estimate of drug-likeness (QED) is 0.454. The smallest absolute Gasteiger partial charge is 0.304 e. The molecule has 0 bridgehead atoms. The second-order valence-electron chi connectivity index (χ2n) is 8.86. The zero-order valence-corrected chi connectivity index (χ0v) is 19.8. The van der Waals surface area contributed by atoms with Crippen LogP contribution in [0.15, 0.2) is 66.9 Å². The Bertz CT molecular complexity index is 1200. The van der Waals surface area contributed by atoms with Crippen LogP contribution in [0.4, 0.5) is 5.82 Å². The van der Waals surface area contributed by atoms with Crippen LogP contribution in [0.5, 0.6) is 0 Å². The second kappa shape index (κ2) is 9.16. The Kier molecular flexibility index (Phi) is 6.46. The molecule has 1 amide bonds. The molecule has 1 saturated heterocycles. The van der Waals surface area contributed by atoms with Gasteiger partial charge in [-0.3, -0.25) is 14.5 Å². The van der Waals surface area contributed by atoms with Crippen molar-refractivity contribution in [1.82, 2.24) is 4.98 Å². The van der Waals surface area contributed by atoms with E-state index in [9.17, 15) is 14.7 Å². The molecule has 1 fully saturated rings. The number of aromatic nitrogens is 1. The van der Waals surface area contributed by atoms with Gasteiger partial charge >= 0.3 is 5.97 Å². The highest BCUT2D eigenvalue weighted by molar-refractivity contribution is 6.30. The predicted octanol–water partition coefficient (Wildman–Crippen LogP) is 6.44. The Hall–Kier alpha value is -2.89. The van der Waals surface area contributed by atoms with E-state index in [0.29, 0.717) is 22.3 Å². The van der Waals surface area contributed by atoms with E-state index in [1.165, 1.54) is 0 Å². The van der Waals surface area contributed by atoms with Crippen LogP contribution in [0.2, 0.25) is 10.0 Å². The van der Waals surface area contributed by atoms with Crippen LogP contribution in [0.25, 0.3) is 0 Å². The van der Waals surface area contributed by atoms with E-state index >= 15 is 0 Å². The van der Waals surface area contributed by atoms with Crippen LogP contribution in [-0.4, -0.2) is 22.0 Å². The molecule has 3 aromatic rings. The molecule has 1 aliphatic rings. The number of amides is 1. The predicted molar refractivity (Wildman–Crippen MR) is 130 cm³/mol. The fraction of sp³-hybridized carbons (Fsp3) is 0.269. The van der Waals surface area contributed by atoms with Gasteiger partial charge in [-0.25, -0.2) is 4.98 Å². The molecule has 7 heteroatoms. The van der Waals surface area contributed by atoms with Gasteiger partial charge in [0.1, 0.15) is 5.82 Å². The summed E-state index contributed by atoms with van der Waals surface area (Å²) in [5.74, 6) is -1.00. The van der Waals surface area contributed by atoms with Crippen molar-refractivity contribution in [3.05, 3.63) is 93.6 Å². The number of carbonyl (C=O) groups is 2. The number of nitrogens with zero attached hydrogens (tertiary/aromatic N) is 2. The van der Waals surface area contributed by atoms with Crippen LogP contribution in [0.3, 0.4) is 0 Å². The summed E-state index contributed by atoms with van der Waals surface area (Å²) in [6.07, 6.45) is 1.74. The molecule has 2 unspecified atom stereocenters. The third-order valence-electron chi connectivity index (χ3n) is 6.24.